The van der Waals surface area contributed by atoms with E-state index in [0.717, 1.165) is 5.69 Å². The molecular weight excluding hydrogens is 188 g/mol. The predicted octanol–water partition coefficient (Wildman–Crippen LogP) is 1.84. The van der Waals surface area contributed by atoms with Crippen molar-refractivity contribution in [1.29, 1.82) is 0 Å². The molecule has 13 heavy (non-hydrogen) atoms. The van der Waals surface area contributed by atoms with Crippen molar-refractivity contribution in [2.24, 2.45) is 0 Å². The predicted molar refractivity (Wildman–Crippen MR) is 54.8 cm³/mol. The van der Waals surface area contributed by atoms with Gasteiger partial charge in [-0.25, -0.2) is 0 Å². The van der Waals surface area contributed by atoms with Crippen LogP contribution in [0.4, 0.5) is 11.4 Å². The molecule has 0 aliphatic heterocycles. The molecule has 0 atom stereocenters. The Labute approximate surface area is 81.9 Å². The van der Waals surface area contributed by atoms with Crippen LogP contribution in [0.3, 0.4) is 0 Å². The maximum absolute atomic E-state index is 11.1. The molecule has 0 aromatic heterocycles. The van der Waals surface area contributed by atoms with Crippen LogP contribution in [0, 0.1) is 0 Å². The first-order valence-electron chi connectivity index (χ1n) is 3.93. The van der Waals surface area contributed by atoms with E-state index in [0.29, 0.717) is 18.0 Å². The zero-order valence-corrected chi connectivity index (χ0v) is 7.84. The Kier molecular flexibility index (Phi) is 3.58. The first-order valence-corrected chi connectivity index (χ1v) is 4.47. The normalized spacial score (nSPS) is 9.62. The third kappa shape index (κ3) is 3.34. The van der Waals surface area contributed by atoms with Crippen molar-refractivity contribution >= 4 is 28.9 Å². The second-order valence-electron chi connectivity index (χ2n) is 2.61. The number of anilines is 2. The Hall–Kier alpha value is -1.22. The number of nitrogens with one attached hydrogen (secondary N) is 1. The molecule has 0 radical (unpaired) electrons. The van der Waals surface area contributed by atoms with E-state index in [-0.39, 0.29) is 5.91 Å². The zero-order chi connectivity index (χ0) is 9.68. The Morgan fingerprint density at radius 2 is 2.00 bits per heavy atom. The Morgan fingerprint density at radius 1 is 1.38 bits per heavy atom. The molecule has 0 aliphatic carbocycles. The summed E-state index contributed by atoms with van der Waals surface area (Å²) in [5.41, 5.74) is 6.90. The van der Waals surface area contributed by atoms with Gasteiger partial charge in [-0.1, -0.05) is 0 Å². The van der Waals surface area contributed by atoms with Crippen LogP contribution in [0.1, 0.15) is 6.42 Å². The van der Waals surface area contributed by atoms with Crippen LogP contribution in [0.5, 0.6) is 0 Å². The van der Waals surface area contributed by atoms with Crippen molar-refractivity contribution in [2.75, 3.05) is 16.9 Å². The first-order chi connectivity index (χ1) is 6.22. The fraction of sp³-hybridized carbons (Fsp3) is 0.222. The second-order valence-corrected chi connectivity index (χ2v) is 2.99. The number of carbonyl (C=O) groups is 1. The summed E-state index contributed by atoms with van der Waals surface area (Å²) in [6.45, 7) is 0. The molecule has 70 valence electrons. The number of benzene rings is 1. The van der Waals surface area contributed by atoms with Gasteiger partial charge in [0.2, 0.25) is 5.91 Å². The molecule has 0 bridgehead atoms. The fourth-order valence-corrected chi connectivity index (χ4v) is 1.05. The molecule has 3 nitrogen and oxygen atoms in total. The standard InChI is InChI=1S/C9H11ClN2O/c10-6-5-9(13)12-8-3-1-7(11)2-4-8/h1-4H,5-6,11H2,(H,12,13). The molecule has 0 saturated heterocycles. The van der Waals surface area contributed by atoms with Gasteiger partial charge < -0.3 is 11.1 Å². The van der Waals surface area contributed by atoms with Crippen molar-refractivity contribution < 1.29 is 4.79 Å². The van der Waals surface area contributed by atoms with E-state index in [1.807, 2.05) is 0 Å². The van der Waals surface area contributed by atoms with E-state index in [2.05, 4.69) is 5.32 Å². The summed E-state index contributed by atoms with van der Waals surface area (Å²) in [5, 5.41) is 2.69. The number of amides is 1. The van der Waals surface area contributed by atoms with E-state index in [1.165, 1.54) is 0 Å². The summed E-state index contributed by atoms with van der Waals surface area (Å²) >= 11 is 5.41. The fourth-order valence-electron chi connectivity index (χ4n) is 0.876. The minimum atomic E-state index is -0.0835. The molecule has 0 aliphatic rings. The number of alkyl halides is 1. The van der Waals surface area contributed by atoms with Crippen molar-refractivity contribution in [3.63, 3.8) is 0 Å². The average Bonchev–Trinajstić information content (AvgIpc) is 2.09. The summed E-state index contributed by atoms with van der Waals surface area (Å²) in [6, 6.07) is 6.97. The van der Waals surface area contributed by atoms with Gasteiger partial charge in [0.1, 0.15) is 0 Å². The maximum Gasteiger partial charge on any atom is 0.225 e. The lowest BCUT2D eigenvalue weighted by Crippen LogP contribution is -2.11. The molecule has 1 amide bonds. The van der Waals surface area contributed by atoms with Gasteiger partial charge in [0.05, 0.1) is 0 Å². The van der Waals surface area contributed by atoms with Gasteiger partial charge in [0.15, 0.2) is 0 Å². The number of rotatable bonds is 3. The Balaban J connectivity index is 2.54. The minimum absolute atomic E-state index is 0.0835. The lowest BCUT2D eigenvalue weighted by molar-refractivity contribution is -0.115. The van der Waals surface area contributed by atoms with Crippen LogP contribution in [0.2, 0.25) is 0 Å². The van der Waals surface area contributed by atoms with Crippen LogP contribution >= 0.6 is 11.6 Å². The quantitative estimate of drug-likeness (QED) is 0.575. The molecule has 4 heteroatoms. The molecule has 3 N–H and O–H groups in total. The lowest BCUT2D eigenvalue weighted by Gasteiger charge is -2.03. The van der Waals surface area contributed by atoms with Crippen LogP contribution in [-0.4, -0.2) is 11.8 Å². The van der Waals surface area contributed by atoms with Gasteiger partial charge in [-0.05, 0) is 24.3 Å². The van der Waals surface area contributed by atoms with Crippen LogP contribution in [0.15, 0.2) is 24.3 Å². The third-order valence-corrected chi connectivity index (χ3v) is 1.70. The first kappa shape index (κ1) is 9.86. The minimum Gasteiger partial charge on any atom is -0.399 e. The molecule has 0 spiro atoms. The molecule has 1 rings (SSSR count). The number of hydrogen-bond acceptors (Lipinski definition) is 2. The third-order valence-electron chi connectivity index (χ3n) is 1.52. The van der Waals surface area contributed by atoms with Gasteiger partial charge in [-0.3, -0.25) is 4.79 Å². The Bertz CT molecular complexity index is 284. The molecule has 0 unspecified atom stereocenters. The lowest BCUT2D eigenvalue weighted by atomic mass is 10.3. The zero-order valence-electron chi connectivity index (χ0n) is 7.09. The molecule has 1 aromatic carbocycles. The molecular formula is C9H11ClN2O. The number of nitrogen functional groups attached to an aromatic ring is 1. The molecule has 0 fully saturated rings. The van der Waals surface area contributed by atoms with Crippen LogP contribution < -0.4 is 11.1 Å². The number of nitrogens with two attached hydrogens (primary N) is 1. The van der Waals surface area contributed by atoms with Crippen molar-refractivity contribution in [1.82, 2.24) is 0 Å². The van der Waals surface area contributed by atoms with Crippen LogP contribution in [0.25, 0.3) is 0 Å². The topological polar surface area (TPSA) is 55.1 Å². The van der Waals surface area contributed by atoms with Crippen molar-refractivity contribution in [3.05, 3.63) is 24.3 Å². The van der Waals surface area contributed by atoms with Gasteiger partial charge in [0.25, 0.3) is 0 Å². The van der Waals surface area contributed by atoms with E-state index in [1.54, 1.807) is 24.3 Å². The Morgan fingerprint density at radius 3 is 2.54 bits per heavy atom. The van der Waals surface area contributed by atoms with E-state index in [4.69, 9.17) is 17.3 Å². The highest BCUT2D eigenvalue weighted by Crippen LogP contribution is 2.10. The van der Waals surface area contributed by atoms with E-state index < -0.39 is 0 Å². The van der Waals surface area contributed by atoms with Crippen molar-refractivity contribution in [2.45, 2.75) is 6.42 Å². The largest absolute Gasteiger partial charge is 0.399 e. The maximum atomic E-state index is 11.1. The smallest absolute Gasteiger partial charge is 0.225 e. The van der Waals surface area contributed by atoms with Crippen molar-refractivity contribution in [3.8, 4) is 0 Å². The van der Waals surface area contributed by atoms with Crippen LogP contribution in [-0.2, 0) is 4.79 Å². The molecule has 0 saturated carbocycles. The van der Waals surface area contributed by atoms with Gasteiger partial charge in [0, 0.05) is 23.7 Å². The van der Waals surface area contributed by atoms with Gasteiger partial charge >= 0.3 is 0 Å². The monoisotopic (exact) mass is 198 g/mol. The summed E-state index contributed by atoms with van der Waals surface area (Å²) in [6.07, 6.45) is 0.325. The highest BCUT2D eigenvalue weighted by Gasteiger charge is 1.99. The van der Waals surface area contributed by atoms with Gasteiger partial charge in [-0.2, -0.15) is 0 Å². The van der Waals surface area contributed by atoms with Gasteiger partial charge in [-0.15, -0.1) is 11.6 Å². The summed E-state index contributed by atoms with van der Waals surface area (Å²) in [7, 11) is 0. The summed E-state index contributed by atoms with van der Waals surface area (Å²) in [4.78, 5) is 11.1. The molecule has 0 heterocycles. The summed E-state index contributed by atoms with van der Waals surface area (Å²) in [5.74, 6) is 0.251. The summed E-state index contributed by atoms with van der Waals surface area (Å²) < 4.78 is 0. The second kappa shape index (κ2) is 4.72. The number of halogens is 1. The highest BCUT2D eigenvalue weighted by molar-refractivity contribution is 6.19. The highest BCUT2D eigenvalue weighted by atomic mass is 35.5. The SMILES string of the molecule is Nc1ccc(NC(=O)CCCl)cc1. The number of hydrogen-bond donors (Lipinski definition) is 2. The number of carbonyl (C=O) groups excluding carboxylic acids is 1. The average molecular weight is 199 g/mol. The van der Waals surface area contributed by atoms with E-state index >= 15 is 0 Å². The molecule has 1 aromatic rings. The van der Waals surface area contributed by atoms with E-state index in [9.17, 15) is 4.79 Å².